The Morgan fingerprint density at radius 3 is 3.00 bits per heavy atom. The molecule has 0 atom stereocenters. The number of pyridine rings is 1. The van der Waals surface area contributed by atoms with Gasteiger partial charge in [-0.25, -0.2) is 0 Å². The second-order valence-electron chi connectivity index (χ2n) is 3.19. The molecule has 0 saturated heterocycles. The van der Waals surface area contributed by atoms with E-state index in [0.717, 1.165) is 17.2 Å². The van der Waals surface area contributed by atoms with Crippen molar-refractivity contribution >= 4 is 22.8 Å². The predicted octanol–water partition coefficient (Wildman–Crippen LogP) is 1.09. The van der Waals surface area contributed by atoms with Crippen LogP contribution in [0.2, 0.25) is 0 Å². The van der Waals surface area contributed by atoms with Crippen molar-refractivity contribution in [3.63, 3.8) is 0 Å². The summed E-state index contributed by atoms with van der Waals surface area (Å²) in [6, 6.07) is 9.22. The Bertz CT molecular complexity index is 659. The Morgan fingerprint density at radius 2 is 2.13 bits per heavy atom. The average Bonchev–Trinajstić information content (AvgIpc) is 2.76. The molecular formula is C10H6N4O. The van der Waals surface area contributed by atoms with Crippen LogP contribution in [0, 0.1) is 0 Å². The van der Waals surface area contributed by atoms with Gasteiger partial charge in [-0.2, -0.15) is 4.52 Å². The molecule has 0 aliphatic rings. The molecule has 0 unspecified atom stereocenters. The topological polar surface area (TPSA) is 60.2 Å². The second kappa shape index (κ2) is 2.84. The van der Waals surface area contributed by atoms with Crippen LogP contribution in [-0.2, 0) is 0 Å². The molecule has 0 aliphatic carbocycles. The molecule has 3 aromatic rings. The van der Waals surface area contributed by atoms with Crippen LogP contribution in [0.3, 0.4) is 0 Å². The Morgan fingerprint density at radius 1 is 1.20 bits per heavy atom. The van der Waals surface area contributed by atoms with Gasteiger partial charge in [-0.15, -0.1) is 5.10 Å². The van der Waals surface area contributed by atoms with Crippen molar-refractivity contribution in [2.24, 2.45) is 0 Å². The fourth-order valence-electron chi connectivity index (χ4n) is 1.68. The van der Waals surface area contributed by atoms with E-state index in [1.165, 1.54) is 0 Å². The van der Waals surface area contributed by atoms with Gasteiger partial charge in [0.05, 0.1) is 5.52 Å². The van der Waals surface area contributed by atoms with Crippen LogP contribution in [0.1, 0.15) is 10.4 Å². The van der Waals surface area contributed by atoms with Crippen molar-refractivity contribution in [1.82, 2.24) is 20.0 Å². The minimum absolute atomic E-state index is 0.588. The number of carbonyl (C=O) groups is 1. The third-order valence-electron chi connectivity index (χ3n) is 2.34. The number of para-hydroxylation sites is 1. The summed E-state index contributed by atoms with van der Waals surface area (Å²) in [5.41, 5.74) is 1.97. The molecule has 0 radical (unpaired) electrons. The summed E-state index contributed by atoms with van der Waals surface area (Å²) >= 11 is 0. The van der Waals surface area contributed by atoms with Crippen molar-refractivity contribution in [2.75, 3.05) is 0 Å². The number of tetrazole rings is 1. The number of benzene rings is 1. The summed E-state index contributed by atoms with van der Waals surface area (Å²) in [5, 5.41) is 12.2. The van der Waals surface area contributed by atoms with Crippen molar-refractivity contribution < 1.29 is 4.79 Å². The summed E-state index contributed by atoms with van der Waals surface area (Å²) in [6.07, 6.45) is 0.809. The number of hydrogen-bond donors (Lipinski definition) is 0. The number of carbonyl (C=O) groups excluding carboxylic acids is 1. The maximum absolute atomic E-state index is 10.9. The minimum atomic E-state index is 0.588. The normalized spacial score (nSPS) is 10.9. The summed E-state index contributed by atoms with van der Waals surface area (Å²) < 4.78 is 1.57. The molecule has 0 fully saturated rings. The van der Waals surface area contributed by atoms with E-state index >= 15 is 0 Å². The van der Waals surface area contributed by atoms with Crippen LogP contribution in [0.25, 0.3) is 16.6 Å². The van der Waals surface area contributed by atoms with Crippen LogP contribution in [0.4, 0.5) is 0 Å². The largest absolute Gasteiger partial charge is 0.298 e. The zero-order valence-corrected chi connectivity index (χ0v) is 7.66. The summed E-state index contributed by atoms with van der Waals surface area (Å²) in [6.45, 7) is 0. The number of rotatable bonds is 1. The summed E-state index contributed by atoms with van der Waals surface area (Å²) in [7, 11) is 0. The molecule has 2 aromatic heterocycles. The predicted molar refractivity (Wildman–Crippen MR) is 53.7 cm³/mol. The maximum atomic E-state index is 10.9. The highest BCUT2D eigenvalue weighted by atomic mass is 16.1. The van der Waals surface area contributed by atoms with Crippen LogP contribution < -0.4 is 0 Å². The average molecular weight is 198 g/mol. The molecule has 0 aliphatic heterocycles. The Kier molecular flexibility index (Phi) is 1.53. The molecule has 3 rings (SSSR count). The third-order valence-corrected chi connectivity index (χ3v) is 2.34. The van der Waals surface area contributed by atoms with E-state index in [1.807, 2.05) is 24.3 Å². The molecule has 15 heavy (non-hydrogen) atoms. The quantitative estimate of drug-likeness (QED) is 0.549. The molecule has 1 aromatic carbocycles. The van der Waals surface area contributed by atoms with Gasteiger partial charge in [0.2, 0.25) is 0 Å². The molecule has 0 amide bonds. The van der Waals surface area contributed by atoms with Gasteiger partial charge in [-0.05, 0) is 28.6 Å². The lowest BCUT2D eigenvalue weighted by Crippen LogP contribution is -1.94. The van der Waals surface area contributed by atoms with E-state index in [4.69, 9.17) is 0 Å². The number of fused-ring (bicyclic) bond motifs is 3. The van der Waals surface area contributed by atoms with Gasteiger partial charge in [0.15, 0.2) is 11.9 Å². The van der Waals surface area contributed by atoms with E-state index in [9.17, 15) is 4.79 Å². The van der Waals surface area contributed by atoms with Crippen LogP contribution >= 0.6 is 0 Å². The molecule has 2 heterocycles. The first-order valence-corrected chi connectivity index (χ1v) is 4.45. The standard InChI is InChI=1S/C10H6N4O/c15-6-8-3-1-2-7-4-5-9-11-12-13-14(9)10(7)8/h1-6H. The monoisotopic (exact) mass is 198 g/mol. The minimum Gasteiger partial charge on any atom is -0.298 e. The highest BCUT2D eigenvalue weighted by molar-refractivity contribution is 5.96. The summed E-state index contributed by atoms with van der Waals surface area (Å²) in [4.78, 5) is 10.9. The van der Waals surface area contributed by atoms with E-state index < -0.39 is 0 Å². The van der Waals surface area contributed by atoms with Gasteiger partial charge in [0.25, 0.3) is 0 Å². The fourth-order valence-corrected chi connectivity index (χ4v) is 1.68. The smallest absolute Gasteiger partial charge is 0.179 e. The van der Waals surface area contributed by atoms with Gasteiger partial charge < -0.3 is 0 Å². The van der Waals surface area contributed by atoms with Crippen LogP contribution in [-0.4, -0.2) is 26.3 Å². The lowest BCUT2D eigenvalue weighted by molar-refractivity contribution is 0.112. The van der Waals surface area contributed by atoms with Crippen molar-refractivity contribution in [3.05, 3.63) is 35.9 Å². The molecule has 0 N–H and O–H groups in total. The Hall–Kier alpha value is -2.30. The lowest BCUT2D eigenvalue weighted by Gasteiger charge is -2.01. The van der Waals surface area contributed by atoms with Gasteiger partial charge in [0, 0.05) is 10.9 Å². The van der Waals surface area contributed by atoms with Gasteiger partial charge in [0.1, 0.15) is 0 Å². The second-order valence-corrected chi connectivity index (χ2v) is 3.19. The number of aldehydes is 1. The molecule has 0 saturated carbocycles. The summed E-state index contributed by atoms with van der Waals surface area (Å²) in [5.74, 6) is 0. The molecular weight excluding hydrogens is 192 g/mol. The zero-order chi connectivity index (χ0) is 10.3. The van der Waals surface area contributed by atoms with E-state index in [-0.39, 0.29) is 0 Å². The van der Waals surface area contributed by atoms with Crippen molar-refractivity contribution in [1.29, 1.82) is 0 Å². The van der Waals surface area contributed by atoms with Crippen molar-refractivity contribution in [3.8, 4) is 0 Å². The SMILES string of the molecule is O=Cc1cccc2ccc3nnnn3c12. The van der Waals surface area contributed by atoms with Crippen molar-refractivity contribution in [2.45, 2.75) is 0 Å². The number of aromatic nitrogens is 4. The van der Waals surface area contributed by atoms with Gasteiger partial charge >= 0.3 is 0 Å². The highest BCUT2D eigenvalue weighted by Gasteiger charge is 2.06. The molecule has 5 heteroatoms. The molecule has 0 bridgehead atoms. The van der Waals surface area contributed by atoms with E-state index in [0.29, 0.717) is 11.2 Å². The molecule has 72 valence electrons. The first-order chi connectivity index (χ1) is 7.40. The lowest BCUT2D eigenvalue weighted by atomic mass is 10.1. The Balaban J connectivity index is 2.64. The highest BCUT2D eigenvalue weighted by Crippen LogP contribution is 2.17. The van der Waals surface area contributed by atoms with E-state index in [2.05, 4.69) is 15.5 Å². The first kappa shape index (κ1) is 8.05. The fraction of sp³-hybridized carbons (Fsp3) is 0. The van der Waals surface area contributed by atoms with Crippen LogP contribution in [0.5, 0.6) is 0 Å². The molecule has 0 spiro atoms. The first-order valence-electron chi connectivity index (χ1n) is 4.45. The number of nitrogens with zero attached hydrogens (tertiary/aromatic N) is 4. The third kappa shape index (κ3) is 1.03. The van der Waals surface area contributed by atoms with Crippen LogP contribution in [0.15, 0.2) is 30.3 Å². The van der Waals surface area contributed by atoms with Gasteiger partial charge in [-0.3, -0.25) is 4.79 Å². The molecule has 5 nitrogen and oxygen atoms in total. The number of hydrogen-bond acceptors (Lipinski definition) is 4. The van der Waals surface area contributed by atoms with Gasteiger partial charge in [-0.1, -0.05) is 12.1 Å². The maximum Gasteiger partial charge on any atom is 0.179 e. The Labute approximate surface area is 84.3 Å². The van der Waals surface area contributed by atoms with E-state index in [1.54, 1.807) is 10.6 Å². The zero-order valence-electron chi connectivity index (χ0n) is 7.66.